The molecule has 136 valence electrons. The van der Waals surface area contributed by atoms with Crippen LogP contribution >= 0.6 is 11.3 Å². The standard InChI is InChI=1S/C18H30N2O3S/c1-7-8-20(16(21)9-13(2)10-18(3,4)5)11-15-19-14(12-24-15)17(22)23-6/h12-13H,7-11H2,1-6H3/t13-/m0/s1. The smallest absolute Gasteiger partial charge is 0.357 e. The van der Waals surface area contributed by atoms with Crippen LogP contribution in [0.5, 0.6) is 0 Å². The molecule has 0 aliphatic carbocycles. The average Bonchev–Trinajstić information content (AvgIpc) is 2.92. The highest BCUT2D eigenvalue weighted by Crippen LogP contribution is 2.26. The summed E-state index contributed by atoms with van der Waals surface area (Å²) in [5.74, 6) is 0.0619. The molecular formula is C18H30N2O3S. The van der Waals surface area contributed by atoms with Crippen molar-refractivity contribution < 1.29 is 14.3 Å². The van der Waals surface area contributed by atoms with Gasteiger partial charge in [0.2, 0.25) is 5.91 Å². The van der Waals surface area contributed by atoms with E-state index < -0.39 is 5.97 Å². The summed E-state index contributed by atoms with van der Waals surface area (Å²) < 4.78 is 4.67. The van der Waals surface area contributed by atoms with E-state index in [9.17, 15) is 9.59 Å². The molecule has 0 bridgehead atoms. The average molecular weight is 355 g/mol. The zero-order valence-electron chi connectivity index (χ0n) is 15.7. The van der Waals surface area contributed by atoms with E-state index >= 15 is 0 Å². The second-order valence-corrected chi connectivity index (χ2v) is 8.45. The highest BCUT2D eigenvalue weighted by Gasteiger charge is 2.22. The van der Waals surface area contributed by atoms with Crippen LogP contribution in [0.15, 0.2) is 5.38 Å². The molecule has 0 radical (unpaired) electrons. The molecular weight excluding hydrogens is 324 g/mol. The third kappa shape index (κ3) is 6.99. The van der Waals surface area contributed by atoms with Gasteiger partial charge in [-0.05, 0) is 24.2 Å². The maximum absolute atomic E-state index is 12.6. The molecule has 0 aliphatic rings. The fourth-order valence-electron chi connectivity index (χ4n) is 2.85. The van der Waals surface area contributed by atoms with Crippen LogP contribution in [-0.4, -0.2) is 35.4 Å². The molecule has 0 saturated carbocycles. The van der Waals surface area contributed by atoms with E-state index in [1.807, 2.05) is 4.90 Å². The molecule has 1 heterocycles. The predicted molar refractivity (Wildman–Crippen MR) is 97.0 cm³/mol. The number of hydrogen-bond acceptors (Lipinski definition) is 5. The van der Waals surface area contributed by atoms with Crippen molar-refractivity contribution in [1.82, 2.24) is 9.88 Å². The number of thiazole rings is 1. The number of hydrogen-bond donors (Lipinski definition) is 0. The minimum atomic E-state index is -0.440. The molecule has 1 atom stereocenters. The molecule has 0 aliphatic heterocycles. The molecule has 5 nitrogen and oxygen atoms in total. The zero-order chi connectivity index (χ0) is 18.3. The number of carbonyl (C=O) groups excluding carboxylic acids is 2. The van der Waals surface area contributed by atoms with E-state index in [1.54, 1.807) is 5.38 Å². The van der Waals surface area contributed by atoms with E-state index in [0.717, 1.165) is 17.8 Å². The Hall–Kier alpha value is -1.43. The lowest BCUT2D eigenvalue weighted by atomic mass is 9.84. The molecule has 1 aromatic rings. The van der Waals surface area contributed by atoms with Crippen LogP contribution in [0, 0.1) is 11.3 Å². The molecule has 1 amide bonds. The molecule has 0 spiro atoms. The van der Waals surface area contributed by atoms with Crippen molar-refractivity contribution in [3.05, 3.63) is 16.1 Å². The van der Waals surface area contributed by atoms with Gasteiger partial charge in [0.05, 0.1) is 13.7 Å². The first-order chi connectivity index (χ1) is 11.2. The van der Waals surface area contributed by atoms with Gasteiger partial charge >= 0.3 is 5.97 Å². The van der Waals surface area contributed by atoms with Gasteiger partial charge in [-0.1, -0.05) is 34.6 Å². The number of esters is 1. The summed E-state index contributed by atoms with van der Waals surface area (Å²) in [5.41, 5.74) is 0.530. The highest BCUT2D eigenvalue weighted by molar-refractivity contribution is 7.09. The number of aromatic nitrogens is 1. The number of nitrogens with zero attached hydrogens (tertiary/aromatic N) is 2. The van der Waals surface area contributed by atoms with E-state index in [0.29, 0.717) is 31.1 Å². The Balaban J connectivity index is 2.70. The number of carbonyl (C=O) groups is 2. The zero-order valence-corrected chi connectivity index (χ0v) is 16.5. The molecule has 0 saturated heterocycles. The first-order valence-electron chi connectivity index (χ1n) is 8.46. The van der Waals surface area contributed by atoms with Gasteiger partial charge in [-0.3, -0.25) is 4.79 Å². The fourth-order valence-corrected chi connectivity index (χ4v) is 3.63. The Morgan fingerprint density at radius 1 is 1.38 bits per heavy atom. The SMILES string of the molecule is CCCN(Cc1nc(C(=O)OC)cs1)C(=O)C[C@H](C)CC(C)(C)C. The second-order valence-electron chi connectivity index (χ2n) is 7.51. The fraction of sp³-hybridized carbons (Fsp3) is 0.722. The number of amides is 1. The summed E-state index contributed by atoms with van der Waals surface area (Å²) in [5, 5.41) is 2.44. The van der Waals surface area contributed by atoms with Gasteiger partial charge in [0.1, 0.15) is 5.01 Å². The Labute approximate surface area is 149 Å². The van der Waals surface area contributed by atoms with Crippen LogP contribution < -0.4 is 0 Å². The highest BCUT2D eigenvalue weighted by atomic mass is 32.1. The quantitative estimate of drug-likeness (QED) is 0.659. The Morgan fingerprint density at radius 3 is 2.58 bits per heavy atom. The lowest BCUT2D eigenvalue weighted by molar-refractivity contribution is -0.133. The summed E-state index contributed by atoms with van der Waals surface area (Å²) in [6.45, 7) is 11.9. The first-order valence-corrected chi connectivity index (χ1v) is 9.34. The maximum atomic E-state index is 12.6. The number of ether oxygens (including phenoxy) is 1. The van der Waals surface area contributed by atoms with Gasteiger partial charge in [0, 0.05) is 18.3 Å². The lowest BCUT2D eigenvalue weighted by Gasteiger charge is -2.26. The van der Waals surface area contributed by atoms with E-state index in [-0.39, 0.29) is 11.3 Å². The number of rotatable bonds is 8. The van der Waals surface area contributed by atoms with Crippen LogP contribution in [0.4, 0.5) is 0 Å². The van der Waals surface area contributed by atoms with Gasteiger partial charge in [-0.25, -0.2) is 9.78 Å². The predicted octanol–water partition coefficient (Wildman–Crippen LogP) is 4.13. The van der Waals surface area contributed by atoms with Crippen molar-refractivity contribution in [3.8, 4) is 0 Å². The first kappa shape index (κ1) is 20.6. The molecule has 0 aromatic carbocycles. The van der Waals surface area contributed by atoms with Crippen LogP contribution in [0.1, 0.15) is 69.4 Å². The van der Waals surface area contributed by atoms with Gasteiger partial charge in [-0.2, -0.15) is 0 Å². The summed E-state index contributed by atoms with van der Waals surface area (Å²) in [6.07, 6.45) is 2.46. The van der Waals surface area contributed by atoms with Crippen molar-refractivity contribution >= 4 is 23.2 Å². The van der Waals surface area contributed by atoms with Crippen molar-refractivity contribution in [2.45, 2.75) is 60.4 Å². The van der Waals surface area contributed by atoms with Crippen LogP contribution in [0.25, 0.3) is 0 Å². The van der Waals surface area contributed by atoms with E-state index in [1.165, 1.54) is 18.4 Å². The van der Waals surface area contributed by atoms with Gasteiger partial charge in [0.25, 0.3) is 0 Å². The summed E-state index contributed by atoms with van der Waals surface area (Å²) in [6, 6.07) is 0. The van der Waals surface area contributed by atoms with E-state index in [2.05, 4.69) is 44.3 Å². The molecule has 6 heteroatoms. The summed E-state index contributed by atoms with van der Waals surface area (Å²) in [7, 11) is 1.34. The molecule has 0 fully saturated rings. The lowest BCUT2D eigenvalue weighted by Crippen LogP contribution is -2.32. The minimum Gasteiger partial charge on any atom is -0.464 e. The van der Waals surface area contributed by atoms with Gasteiger partial charge < -0.3 is 9.64 Å². The summed E-state index contributed by atoms with van der Waals surface area (Å²) in [4.78, 5) is 30.3. The molecule has 1 rings (SSSR count). The molecule has 24 heavy (non-hydrogen) atoms. The second kappa shape index (κ2) is 9.16. The van der Waals surface area contributed by atoms with Crippen LogP contribution in [-0.2, 0) is 16.1 Å². The van der Waals surface area contributed by atoms with Crippen molar-refractivity contribution in [2.75, 3.05) is 13.7 Å². The van der Waals surface area contributed by atoms with Crippen molar-refractivity contribution in [2.24, 2.45) is 11.3 Å². The van der Waals surface area contributed by atoms with Crippen molar-refractivity contribution in [1.29, 1.82) is 0 Å². The topological polar surface area (TPSA) is 59.5 Å². The van der Waals surface area contributed by atoms with Crippen molar-refractivity contribution in [3.63, 3.8) is 0 Å². The van der Waals surface area contributed by atoms with Crippen LogP contribution in [0.3, 0.4) is 0 Å². The third-order valence-corrected chi connectivity index (χ3v) is 4.44. The maximum Gasteiger partial charge on any atom is 0.357 e. The minimum absolute atomic E-state index is 0.156. The van der Waals surface area contributed by atoms with Gasteiger partial charge in [-0.15, -0.1) is 11.3 Å². The Morgan fingerprint density at radius 2 is 2.04 bits per heavy atom. The molecule has 0 N–H and O–H groups in total. The molecule has 1 aromatic heterocycles. The largest absolute Gasteiger partial charge is 0.464 e. The Kier molecular flexibility index (Phi) is 7.87. The Bertz CT molecular complexity index is 549. The molecule has 0 unspecified atom stereocenters. The van der Waals surface area contributed by atoms with Crippen LogP contribution in [0.2, 0.25) is 0 Å². The third-order valence-electron chi connectivity index (χ3n) is 3.60. The monoisotopic (exact) mass is 354 g/mol. The number of methoxy groups -OCH3 is 1. The normalized spacial score (nSPS) is 12.8. The van der Waals surface area contributed by atoms with E-state index in [4.69, 9.17) is 0 Å². The summed E-state index contributed by atoms with van der Waals surface area (Å²) >= 11 is 1.39. The van der Waals surface area contributed by atoms with Gasteiger partial charge in [0.15, 0.2) is 5.69 Å².